The van der Waals surface area contributed by atoms with Crippen LogP contribution in [-0.4, -0.2) is 44.2 Å². The number of hydrogen-bond acceptors (Lipinski definition) is 6. The second-order valence-corrected chi connectivity index (χ2v) is 7.30. The Morgan fingerprint density at radius 3 is 2.81 bits per heavy atom. The van der Waals surface area contributed by atoms with E-state index in [4.69, 9.17) is 9.15 Å². The van der Waals surface area contributed by atoms with Crippen LogP contribution < -0.4 is 15.5 Å². The summed E-state index contributed by atoms with van der Waals surface area (Å²) in [5, 5.41) is 5.88. The number of para-hydroxylation sites is 1. The standard InChI is InChI=1S/C20H22N2O3S/c23-18-15-5-1-2-6-16(15)25-19(17-7-3-14-26-17)20(18)24-13-4-10-22-11-8-21-9-12-22/h1-3,5-7,14,21H,4,8-13H2. The van der Waals surface area contributed by atoms with Gasteiger partial charge in [0.2, 0.25) is 11.2 Å². The average molecular weight is 370 g/mol. The highest BCUT2D eigenvalue weighted by atomic mass is 32.1. The highest BCUT2D eigenvalue weighted by Crippen LogP contribution is 2.33. The molecule has 4 rings (SSSR count). The largest absolute Gasteiger partial charge is 0.486 e. The summed E-state index contributed by atoms with van der Waals surface area (Å²) in [6.45, 7) is 5.70. The minimum absolute atomic E-state index is 0.0996. The lowest BCUT2D eigenvalue weighted by molar-refractivity contribution is 0.212. The molecular weight excluding hydrogens is 348 g/mol. The molecule has 26 heavy (non-hydrogen) atoms. The number of piperazine rings is 1. The van der Waals surface area contributed by atoms with Crippen molar-refractivity contribution in [3.63, 3.8) is 0 Å². The molecule has 1 N–H and O–H groups in total. The van der Waals surface area contributed by atoms with Crippen molar-refractivity contribution in [3.05, 3.63) is 52.0 Å². The summed E-state index contributed by atoms with van der Waals surface area (Å²) in [5.74, 6) is 0.859. The van der Waals surface area contributed by atoms with Crippen molar-refractivity contribution in [1.29, 1.82) is 0 Å². The highest BCUT2D eigenvalue weighted by molar-refractivity contribution is 7.13. The van der Waals surface area contributed by atoms with Crippen LogP contribution in [0.2, 0.25) is 0 Å². The van der Waals surface area contributed by atoms with Crippen LogP contribution in [0.3, 0.4) is 0 Å². The van der Waals surface area contributed by atoms with Gasteiger partial charge >= 0.3 is 0 Å². The molecule has 0 saturated carbocycles. The second kappa shape index (κ2) is 8.03. The monoisotopic (exact) mass is 370 g/mol. The molecule has 0 bridgehead atoms. The van der Waals surface area contributed by atoms with Gasteiger partial charge in [-0.15, -0.1) is 11.3 Å². The lowest BCUT2D eigenvalue weighted by Crippen LogP contribution is -2.44. The maximum absolute atomic E-state index is 12.9. The first-order valence-electron chi connectivity index (χ1n) is 8.98. The van der Waals surface area contributed by atoms with Gasteiger partial charge in [0.1, 0.15) is 5.58 Å². The molecule has 0 aliphatic carbocycles. The van der Waals surface area contributed by atoms with E-state index in [0.717, 1.165) is 44.0 Å². The maximum Gasteiger partial charge on any atom is 0.235 e. The number of nitrogens with zero attached hydrogens (tertiary/aromatic N) is 1. The average Bonchev–Trinajstić information content (AvgIpc) is 3.22. The fourth-order valence-corrected chi connectivity index (χ4v) is 3.93. The number of benzene rings is 1. The molecule has 0 radical (unpaired) electrons. The molecule has 0 amide bonds. The Kier molecular flexibility index (Phi) is 5.34. The Labute approximate surface area is 156 Å². The fraction of sp³-hybridized carbons (Fsp3) is 0.350. The molecule has 2 aromatic heterocycles. The molecule has 1 aliphatic rings. The fourth-order valence-electron chi connectivity index (χ4n) is 3.22. The van der Waals surface area contributed by atoms with Crippen LogP contribution in [-0.2, 0) is 0 Å². The lowest BCUT2D eigenvalue weighted by atomic mass is 10.2. The summed E-state index contributed by atoms with van der Waals surface area (Å²) in [6, 6.07) is 11.2. The zero-order chi connectivity index (χ0) is 17.8. The van der Waals surface area contributed by atoms with Crippen LogP contribution in [0.4, 0.5) is 0 Å². The van der Waals surface area contributed by atoms with E-state index in [9.17, 15) is 4.79 Å². The van der Waals surface area contributed by atoms with Gasteiger partial charge in [-0.25, -0.2) is 0 Å². The van der Waals surface area contributed by atoms with Crippen LogP contribution in [0.1, 0.15) is 6.42 Å². The number of fused-ring (bicyclic) bond motifs is 1. The van der Waals surface area contributed by atoms with Gasteiger partial charge in [0, 0.05) is 32.7 Å². The van der Waals surface area contributed by atoms with E-state index in [0.29, 0.717) is 29.1 Å². The molecule has 0 atom stereocenters. The Morgan fingerprint density at radius 2 is 2.00 bits per heavy atom. The summed E-state index contributed by atoms with van der Waals surface area (Å²) in [7, 11) is 0. The van der Waals surface area contributed by atoms with E-state index in [1.807, 2.05) is 35.7 Å². The predicted molar refractivity (Wildman–Crippen MR) is 105 cm³/mol. The molecular formula is C20H22N2O3S. The third-order valence-electron chi connectivity index (χ3n) is 4.58. The summed E-state index contributed by atoms with van der Waals surface area (Å²) in [4.78, 5) is 16.3. The quantitative estimate of drug-likeness (QED) is 0.676. The van der Waals surface area contributed by atoms with Gasteiger partial charge in [0.15, 0.2) is 5.76 Å². The summed E-state index contributed by atoms with van der Waals surface area (Å²) < 4.78 is 12.0. The lowest BCUT2D eigenvalue weighted by Gasteiger charge is -2.26. The molecule has 1 aromatic carbocycles. The van der Waals surface area contributed by atoms with E-state index in [-0.39, 0.29) is 5.43 Å². The molecule has 0 spiro atoms. The summed E-state index contributed by atoms with van der Waals surface area (Å²) in [5.41, 5.74) is 0.492. The van der Waals surface area contributed by atoms with Gasteiger partial charge < -0.3 is 19.4 Å². The molecule has 3 heterocycles. The van der Waals surface area contributed by atoms with Gasteiger partial charge in [0.05, 0.1) is 16.9 Å². The summed E-state index contributed by atoms with van der Waals surface area (Å²) in [6.07, 6.45) is 0.885. The number of thiophene rings is 1. The van der Waals surface area contributed by atoms with E-state index in [2.05, 4.69) is 10.2 Å². The summed E-state index contributed by atoms with van der Waals surface area (Å²) >= 11 is 1.54. The smallest absolute Gasteiger partial charge is 0.235 e. The van der Waals surface area contributed by atoms with Crippen LogP contribution in [0, 0.1) is 0 Å². The van der Waals surface area contributed by atoms with Gasteiger partial charge in [-0.3, -0.25) is 4.79 Å². The van der Waals surface area contributed by atoms with Gasteiger partial charge in [-0.05, 0) is 30.0 Å². The normalized spacial score (nSPS) is 15.4. The molecule has 1 fully saturated rings. The Bertz CT molecular complexity index is 914. The van der Waals surface area contributed by atoms with E-state index in [1.165, 1.54) is 0 Å². The third-order valence-corrected chi connectivity index (χ3v) is 5.44. The maximum atomic E-state index is 12.9. The van der Waals surface area contributed by atoms with Crippen molar-refractivity contribution in [1.82, 2.24) is 10.2 Å². The van der Waals surface area contributed by atoms with E-state index in [1.54, 1.807) is 17.4 Å². The molecule has 5 nitrogen and oxygen atoms in total. The van der Waals surface area contributed by atoms with Crippen molar-refractivity contribution >= 4 is 22.3 Å². The van der Waals surface area contributed by atoms with Gasteiger partial charge in [-0.1, -0.05) is 18.2 Å². The van der Waals surface area contributed by atoms with Gasteiger partial charge in [0.25, 0.3) is 0 Å². The van der Waals surface area contributed by atoms with E-state index >= 15 is 0 Å². The zero-order valence-corrected chi connectivity index (χ0v) is 15.4. The van der Waals surface area contributed by atoms with Gasteiger partial charge in [-0.2, -0.15) is 0 Å². The molecule has 0 unspecified atom stereocenters. The van der Waals surface area contributed by atoms with Crippen LogP contribution in [0.5, 0.6) is 5.75 Å². The van der Waals surface area contributed by atoms with Crippen molar-refractivity contribution < 1.29 is 9.15 Å². The Hall–Kier alpha value is -2.15. The topological polar surface area (TPSA) is 54.7 Å². The van der Waals surface area contributed by atoms with Crippen molar-refractivity contribution in [2.45, 2.75) is 6.42 Å². The van der Waals surface area contributed by atoms with Crippen molar-refractivity contribution in [2.75, 3.05) is 39.3 Å². The first-order chi connectivity index (χ1) is 12.8. The van der Waals surface area contributed by atoms with Crippen LogP contribution in [0.25, 0.3) is 21.6 Å². The first-order valence-corrected chi connectivity index (χ1v) is 9.86. The Morgan fingerprint density at radius 1 is 1.15 bits per heavy atom. The first kappa shape index (κ1) is 17.3. The molecule has 6 heteroatoms. The second-order valence-electron chi connectivity index (χ2n) is 6.36. The number of hydrogen-bond donors (Lipinski definition) is 1. The van der Waals surface area contributed by atoms with E-state index < -0.39 is 0 Å². The number of nitrogens with one attached hydrogen (secondary N) is 1. The minimum Gasteiger partial charge on any atom is -0.486 e. The zero-order valence-electron chi connectivity index (χ0n) is 14.6. The molecule has 1 aliphatic heterocycles. The highest BCUT2D eigenvalue weighted by Gasteiger charge is 2.18. The predicted octanol–water partition coefficient (Wildman–Crippen LogP) is 3.20. The number of rotatable bonds is 6. The molecule has 3 aromatic rings. The number of ether oxygens (including phenoxy) is 1. The molecule has 1 saturated heterocycles. The molecule has 136 valence electrons. The van der Waals surface area contributed by atoms with Crippen LogP contribution in [0.15, 0.2) is 51.0 Å². The van der Waals surface area contributed by atoms with Crippen molar-refractivity contribution in [2.24, 2.45) is 0 Å². The minimum atomic E-state index is -0.0996. The third kappa shape index (κ3) is 3.67. The SMILES string of the molecule is O=c1c(OCCCN2CCNCC2)c(-c2cccs2)oc2ccccc12. The Balaban J connectivity index is 1.55. The van der Waals surface area contributed by atoms with Crippen LogP contribution >= 0.6 is 11.3 Å². The van der Waals surface area contributed by atoms with Crippen molar-refractivity contribution in [3.8, 4) is 16.4 Å².